The molecular weight excluding hydrogens is 264 g/mol. The van der Waals surface area contributed by atoms with Crippen molar-refractivity contribution in [3.05, 3.63) is 30.0 Å². The summed E-state index contributed by atoms with van der Waals surface area (Å²) in [5.41, 5.74) is 0.825. The Bertz CT molecular complexity index is 644. The Labute approximate surface area is 103 Å². The Balaban J connectivity index is 2.31. The molecule has 0 spiro atoms. The molecule has 2 heterocycles. The van der Waals surface area contributed by atoms with Crippen molar-refractivity contribution < 1.29 is 8.42 Å². The molecule has 8 heteroatoms. The Morgan fingerprint density at radius 1 is 1.47 bits per heavy atom. The van der Waals surface area contributed by atoms with E-state index in [1.165, 1.54) is 6.20 Å². The topological polar surface area (TPSA) is 69.8 Å². The summed E-state index contributed by atoms with van der Waals surface area (Å²) in [5, 5.41) is 4.07. The average molecular weight is 275 g/mol. The molecule has 2 aromatic rings. The minimum atomic E-state index is -3.78. The van der Waals surface area contributed by atoms with Crippen LogP contribution >= 0.6 is 10.7 Å². The monoisotopic (exact) mass is 274 g/mol. The summed E-state index contributed by atoms with van der Waals surface area (Å²) in [5.74, 6) is 0.579. The SMILES string of the molecule is Cc1nc(S(=O)(=O)Cl)cn1Cc1ccn(C)n1. The van der Waals surface area contributed by atoms with Gasteiger partial charge in [0.25, 0.3) is 9.05 Å². The van der Waals surface area contributed by atoms with Crippen LogP contribution in [-0.4, -0.2) is 27.7 Å². The second kappa shape index (κ2) is 4.15. The first kappa shape index (κ1) is 12.1. The lowest BCUT2D eigenvalue weighted by molar-refractivity contribution is 0.606. The Kier molecular flexibility index (Phi) is 2.96. The number of nitrogens with zero attached hydrogens (tertiary/aromatic N) is 4. The molecule has 0 aromatic carbocycles. The molecular formula is C9H11ClN4O2S. The molecule has 92 valence electrons. The van der Waals surface area contributed by atoms with Crippen molar-refractivity contribution in [2.75, 3.05) is 0 Å². The number of aromatic nitrogens is 4. The van der Waals surface area contributed by atoms with E-state index in [9.17, 15) is 8.42 Å². The lowest BCUT2D eigenvalue weighted by atomic mass is 10.4. The molecule has 0 bridgehead atoms. The summed E-state index contributed by atoms with van der Waals surface area (Å²) >= 11 is 0. The summed E-state index contributed by atoms with van der Waals surface area (Å²) in [4.78, 5) is 3.89. The van der Waals surface area contributed by atoms with Gasteiger partial charge in [-0.25, -0.2) is 13.4 Å². The van der Waals surface area contributed by atoms with Gasteiger partial charge in [0.1, 0.15) is 5.82 Å². The third-order valence-electron chi connectivity index (χ3n) is 2.30. The van der Waals surface area contributed by atoms with Crippen LogP contribution in [-0.2, 0) is 22.6 Å². The molecule has 17 heavy (non-hydrogen) atoms. The maximum absolute atomic E-state index is 11.1. The van der Waals surface area contributed by atoms with E-state index in [0.29, 0.717) is 12.4 Å². The number of imidazole rings is 1. The zero-order chi connectivity index (χ0) is 12.6. The fraction of sp³-hybridized carbons (Fsp3) is 0.333. The smallest absolute Gasteiger partial charge is 0.280 e. The van der Waals surface area contributed by atoms with Crippen molar-refractivity contribution in [3.8, 4) is 0 Å². The fourth-order valence-electron chi connectivity index (χ4n) is 1.48. The maximum Gasteiger partial charge on any atom is 0.280 e. The third-order valence-corrected chi connectivity index (χ3v) is 3.48. The van der Waals surface area contributed by atoms with Crippen LogP contribution < -0.4 is 0 Å². The lowest BCUT2D eigenvalue weighted by Crippen LogP contribution is -2.02. The Morgan fingerprint density at radius 3 is 2.65 bits per heavy atom. The zero-order valence-electron chi connectivity index (χ0n) is 9.33. The molecule has 0 amide bonds. The Hall–Kier alpha value is -1.34. The molecule has 0 atom stereocenters. The molecule has 0 aliphatic carbocycles. The van der Waals surface area contributed by atoms with Crippen molar-refractivity contribution >= 4 is 19.7 Å². The minimum Gasteiger partial charge on any atom is -0.328 e. The fourth-order valence-corrected chi connectivity index (χ4v) is 2.20. The van der Waals surface area contributed by atoms with Crippen molar-refractivity contribution in [2.45, 2.75) is 18.5 Å². The highest BCUT2D eigenvalue weighted by atomic mass is 35.7. The van der Waals surface area contributed by atoms with Crippen LogP contribution in [0.1, 0.15) is 11.5 Å². The summed E-state index contributed by atoms with van der Waals surface area (Å²) < 4.78 is 25.6. The van der Waals surface area contributed by atoms with Gasteiger partial charge in [0, 0.05) is 30.1 Å². The van der Waals surface area contributed by atoms with Crippen LogP contribution in [0.5, 0.6) is 0 Å². The van der Waals surface area contributed by atoms with Crippen LogP contribution in [0.3, 0.4) is 0 Å². The van der Waals surface area contributed by atoms with E-state index >= 15 is 0 Å². The number of hydrogen-bond acceptors (Lipinski definition) is 4. The number of aryl methyl sites for hydroxylation is 2. The second-order valence-electron chi connectivity index (χ2n) is 3.67. The van der Waals surface area contributed by atoms with Gasteiger partial charge in [0.2, 0.25) is 0 Å². The molecule has 0 radical (unpaired) electrons. The molecule has 0 N–H and O–H groups in total. The highest BCUT2D eigenvalue weighted by Gasteiger charge is 2.16. The molecule has 2 aromatic heterocycles. The average Bonchev–Trinajstić information content (AvgIpc) is 2.74. The largest absolute Gasteiger partial charge is 0.328 e. The highest BCUT2D eigenvalue weighted by Crippen LogP contribution is 2.14. The van der Waals surface area contributed by atoms with Gasteiger partial charge in [-0.15, -0.1) is 0 Å². The molecule has 0 saturated heterocycles. The predicted octanol–water partition coefficient (Wildman–Crippen LogP) is 0.901. The maximum atomic E-state index is 11.1. The molecule has 2 rings (SSSR count). The Morgan fingerprint density at radius 2 is 2.18 bits per heavy atom. The van der Waals surface area contributed by atoms with E-state index in [1.807, 2.05) is 19.3 Å². The molecule has 0 fully saturated rings. The normalized spacial score (nSPS) is 11.9. The summed E-state index contributed by atoms with van der Waals surface area (Å²) in [6.45, 7) is 2.18. The van der Waals surface area contributed by atoms with Crippen molar-refractivity contribution in [3.63, 3.8) is 0 Å². The predicted molar refractivity (Wildman–Crippen MR) is 62.3 cm³/mol. The highest BCUT2D eigenvalue weighted by molar-refractivity contribution is 8.13. The van der Waals surface area contributed by atoms with E-state index < -0.39 is 9.05 Å². The van der Waals surface area contributed by atoms with Crippen LogP contribution in [0.2, 0.25) is 0 Å². The number of rotatable bonds is 3. The van der Waals surface area contributed by atoms with E-state index in [2.05, 4.69) is 10.1 Å². The summed E-state index contributed by atoms with van der Waals surface area (Å²) in [6, 6.07) is 1.86. The first-order valence-corrected chi connectivity index (χ1v) is 7.14. The van der Waals surface area contributed by atoms with Crippen molar-refractivity contribution in [1.82, 2.24) is 19.3 Å². The standard InChI is InChI=1S/C9H11ClN4O2S/c1-7-11-9(17(10,15)16)6-14(7)5-8-3-4-13(2)12-8/h3-4,6H,5H2,1-2H3. The number of halogens is 1. The van der Waals surface area contributed by atoms with Gasteiger partial charge < -0.3 is 4.57 Å². The van der Waals surface area contributed by atoms with Gasteiger partial charge in [-0.2, -0.15) is 5.10 Å². The van der Waals surface area contributed by atoms with Gasteiger partial charge in [0.05, 0.1) is 12.2 Å². The van der Waals surface area contributed by atoms with Crippen molar-refractivity contribution in [1.29, 1.82) is 0 Å². The quantitative estimate of drug-likeness (QED) is 0.780. The molecule has 0 unspecified atom stereocenters. The number of hydrogen-bond donors (Lipinski definition) is 0. The van der Waals surface area contributed by atoms with Crippen LogP contribution in [0.4, 0.5) is 0 Å². The van der Waals surface area contributed by atoms with E-state index in [0.717, 1.165) is 5.69 Å². The second-order valence-corrected chi connectivity index (χ2v) is 6.19. The van der Waals surface area contributed by atoms with Crippen LogP contribution in [0, 0.1) is 6.92 Å². The van der Waals surface area contributed by atoms with Gasteiger partial charge in [-0.3, -0.25) is 4.68 Å². The van der Waals surface area contributed by atoms with Crippen LogP contribution in [0.15, 0.2) is 23.5 Å². The lowest BCUT2D eigenvalue weighted by Gasteiger charge is -2.00. The van der Waals surface area contributed by atoms with Crippen LogP contribution in [0.25, 0.3) is 0 Å². The summed E-state index contributed by atoms with van der Waals surface area (Å²) in [7, 11) is 3.27. The summed E-state index contributed by atoms with van der Waals surface area (Å²) in [6.07, 6.45) is 3.23. The van der Waals surface area contributed by atoms with Gasteiger partial charge in [0.15, 0.2) is 5.03 Å². The molecule has 6 nitrogen and oxygen atoms in total. The van der Waals surface area contributed by atoms with Crippen molar-refractivity contribution in [2.24, 2.45) is 7.05 Å². The van der Waals surface area contributed by atoms with E-state index in [-0.39, 0.29) is 5.03 Å². The van der Waals surface area contributed by atoms with Gasteiger partial charge in [-0.1, -0.05) is 0 Å². The zero-order valence-corrected chi connectivity index (χ0v) is 10.9. The molecule has 0 saturated carbocycles. The molecule has 0 aliphatic rings. The first-order valence-electron chi connectivity index (χ1n) is 4.83. The van der Waals surface area contributed by atoms with E-state index in [1.54, 1.807) is 16.2 Å². The molecule has 0 aliphatic heterocycles. The van der Waals surface area contributed by atoms with Gasteiger partial charge >= 0.3 is 0 Å². The first-order chi connectivity index (χ1) is 7.86. The van der Waals surface area contributed by atoms with Gasteiger partial charge in [-0.05, 0) is 13.0 Å². The third kappa shape index (κ3) is 2.67. The van der Waals surface area contributed by atoms with E-state index in [4.69, 9.17) is 10.7 Å². The minimum absolute atomic E-state index is 0.132.